The molecule has 0 aliphatic carbocycles. The summed E-state index contributed by atoms with van der Waals surface area (Å²) in [6.07, 6.45) is 1.98. The van der Waals surface area contributed by atoms with Crippen molar-refractivity contribution < 1.29 is 14.7 Å². The molecule has 1 aliphatic rings. The van der Waals surface area contributed by atoms with Crippen LogP contribution in [0.25, 0.3) is 10.8 Å². The number of hydrogen-bond acceptors (Lipinski definition) is 2. The molecule has 0 saturated carbocycles. The molecule has 29 heavy (non-hydrogen) atoms. The van der Waals surface area contributed by atoms with Crippen molar-refractivity contribution in [2.75, 3.05) is 13.1 Å². The zero-order chi connectivity index (χ0) is 20.2. The van der Waals surface area contributed by atoms with Gasteiger partial charge >= 0.3 is 5.97 Å². The molecule has 4 rings (SSSR count). The number of carbonyl (C=O) groups excluding carboxylic acids is 1. The molecule has 1 fully saturated rings. The number of aliphatic carboxylic acids is 1. The predicted octanol–water partition coefficient (Wildman–Crippen LogP) is 4.64. The predicted molar refractivity (Wildman–Crippen MR) is 114 cm³/mol. The second-order valence-corrected chi connectivity index (χ2v) is 7.79. The summed E-state index contributed by atoms with van der Waals surface area (Å²) in [5, 5.41) is 11.8. The molecule has 1 aliphatic heterocycles. The first-order valence-corrected chi connectivity index (χ1v) is 10.2. The molecule has 1 N–H and O–H groups in total. The molecule has 0 spiro atoms. The number of carboxylic acids is 1. The van der Waals surface area contributed by atoms with Gasteiger partial charge in [-0.1, -0.05) is 66.7 Å². The number of fused-ring (bicyclic) bond motifs is 1. The maximum Gasteiger partial charge on any atom is 0.307 e. The van der Waals surface area contributed by atoms with E-state index in [1.165, 1.54) is 0 Å². The number of likely N-dealkylation sites (tertiary alicyclic amines) is 1. The molecule has 3 aromatic carbocycles. The third kappa shape index (κ3) is 4.16. The van der Waals surface area contributed by atoms with Crippen molar-refractivity contribution in [1.29, 1.82) is 0 Å². The Kier molecular flexibility index (Phi) is 5.61. The monoisotopic (exact) mass is 387 g/mol. The first-order valence-electron chi connectivity index (χ1n) is 10.2. The van der Waals surface area contributed by atoms with Crippen molar-refractivity contribution in [1.82, 2.24) is 4.90 Å². The molecular formula is C25H25NO3. The van der Waals surface area contributed by atoms with Gasteiger partial charge in [-0.3, -0.25) is 9.59 Å². The lowest BCUT2D eigenvalue weighted by atomic mass is 9.80. The molecule has 0 bridgehead atoms. The Bertz CT molecular complexity index is 1000. The van der Waals surface area contributed by atoms with E-state index in [-0.39, 0.29) is 11.8 Å². The van der Waals surface area contributed by atoms with Gasteiger partial charge in [0, 0.05) is 18.7 Å². The van der Waals surface area contributed by atoms with Crippen molar-refractivity contribution in [3.8, 4) is 0 Å². The normalized spacial score (nSPS) is 15.9. The minimum Gasteiger partial charge on any atom is -0.481 e. The fourth-order valence-electron chi connectivity index (χ4n) is 4.41. The quantitative estimate of drug-likeness (QED) is 0.694. The maximum absolute atomic E-state index is 13.1. The fourth-order valence-corrected chi connectivity index (χ4v) is 4.41. The Labute approximate surface area is 170 Å². The molecule has 4 heteroatoms. The van der Waals surface area contributed by atoms with Crippen LogP contribution >= 0.6 is 0 Å². The Morgan fingerprint density at radius 1 is 0.897 bits per heavy atom. The van der Waals surface area contributed by atoms with Crippen molar-refractivity contribution in [2.45, 2.75) is 19.3 Å². The SMILES string of the molecule is O=C(O)C(Cc1ccccc1)C1CCN(C(=O)c2cccc3ccccc23)CC1. The van der Waals surface area contributed by atoms with Gasteiger partial charge in [0.2, 0.25) is 0 Å². The van der Waals surface area contributed by atoms with Crippen LogP contribution in [0.1, 0.15) is 28.8 Å². The molecular weight excluding hydrogens is 362 g/mol. The van der Waals surface area contributed by atoms with E-state index in [9.17, 15) is 14.7 Å². The Hall–Kier alpha value is -3.14. The highest BCUT2D eigenvalue weighted by atomic mass is 16.4. The van der Waals surface area contributed by atoms with Crippen LogP contribution in [0, 0.1) is 11.8 Å². The van der Waals surface area contributed by atoms with E-state index in [2.05, 4.69) is 0 Å². The minimum absolute atomic E-state index is 0.0372. The number of nitrogens with zero attached hydrogens (tertiary/aromatic N) is 1. The summed E-state index contributed by atoms with van der Waals surface area (Å²) in [7, 11) is 0. The van der Waals surface area contributed by atoms with Crippen LogP contribution in [0.2, 0.25) is 0 Å². The molecule has 148 valence electrons. The van der Waals surface area contributed by atoms with Gasteiger partial charge in [0.1, 0.15) is 0 Å². The lowest BCUT2D eigenvalue weighted by Crippen LogP contribution is -2.41. The molecule has 3 aromatic rings. The summed E-state index contributed by atoms with van der Waals surface area (Å²) < 4.78 is 0. The zero-order valence-corrected chi connectivity index (χ0v) is 16.3. The summed E-state index contributed by atoms with van der Waals surface area (Å²) >= 11 is 0. The van der Waals surface area contributed by atoms with Crippen molar-refractivity contribution in [3.05, 3.63) is 83.9 Å². The van der Waals surface area contributed by atoms with Crippen molar-refractivity contribution >= 4 is 22.6 Å². The molecule has 1 unspecified atom stereocenters. The Morgan fingerprint density at radius 3 is 2.28 bits per heavy atom. The number of amides is 1. The van der Waals surface area contributed by atoms with Gasteiger partial charge in [-0.05, 0) is 47.6 Å². The Balaban J connectivity index is 1.45. The topological polar surface area (TPSA) is 57.6 Å². The van der Waals surface area contributed by atoms with Crippen molar-refractivity contribution in [3.63, 3.8) is 0 Å². The van der Waals surface area contributed by atoms with Crippen LogP contribution in [0.4, 0.5) is 0 Å². The van der Waals surface area contributed by atoms with E-state index in [1.54, 1.807) is 0 Å². The van der Waals surface area contributed by atoms with Gasteiger partial charge in [0.15, 0.2) is 0 Å². The molecule has 1 atom stereocenters. The van der Waals surface area contributed by atoms with Crippen LogP contribution in [0.3, 0.4) is 0 Å². The summed E-state index contributed by atoms with van der Waals surface area (Å²) in [5.74, 6) is -1.03. The van der Waals surface area contributed by atoms with E-state index in [0.29, 0.717) is 19.5 Å². The summed E-state index contributed by atoms with van der Waals surface area (Å²) in [6, 6.07) is 23.5. The van der Waals surface area contributed by atoms with Gasteiger partial charge in [-0.15, -0.1) is 0 Å². The molecule has 1 amide bonds. The molecule has 0 aromatic heterocycles. The van der Waals surface area contributed by atoms with Gasteiger partial charge in [-0.25, -0.2) is 0 Å². The molecule has 1 heterocycles. The first kappa shape index (κ1) is 19.2. The number of hydrogen-bond donors (Lipinski definition) is 1. The number of rotatable bonds is 5. The van der Waals surface area contributed by atoms with Crippen LogP contribution in [-0.4, -0.2) is 35.0 Å². The lowest BCUT2D eigenvalue weighted by Gasteiger charge is -2.35. The van der Waals surface area contributed by atoms with Gasteiger partial charge in [-0.2, -0.15) is 0 Å². The fraction of sp³-hybridized carbons (Fsp3) is 0.280. The van der Waals surface area contributed by atoms with Crippen molar-refractivity contribution in [2.24, 2.45) is 11.8 Å². The van der Waals surface area contributed by atoms with Crippen LogP contribution in [-0.2, 0) is 11.2 Å². The summed E-state index contributed by atoms with van der Waals surface area (Å²) in [4.78, 5) is 26.9. The smallest absolute Gasteiger partial charge is 0.307 e. The largest absolute Gasteiger partial charge is 0.481 e. The summed E-state index contributed by atoms with van der Waals surface area (Å²) in [5.41, 5.74) is 1.77. The van der Waals surface area contributed by atoms with E-state index in [1.807, 2.05) is 77.7 Å². The number of carboxylic acid groups (broad SMARTS) is 1. The molecule has 1 saturated heterocycles. The highest BCUT2D eigenvalue weighted by Gasteiger charge is 2.33. The third-order valence-corrected chi connectivity index (χ3v) is 6.03. The minimum atomic E-state index is -0.743. The van der Waals surface area contributed by atoms with E-state index in [0.717, 1.165) is 34.7 Å². The van der Waals surface area contributed by atoms with Gasteiger partial charge in [0.05, 0.1) is 5.92 Å². The zero-order valence-electron chi connectivity index (χ0n) is 16.3. The molecule has 4 nitrogen and oxygen atoms in total. The van der Waals surface area contributed by atoms with E-state index < -0.39 is 11.9 Å². The van der Waals surface area contributed by atoms with Crippen LogP contribution in [0.15, 0.2) is 72.8 Å². The number of carbonyl (C=O) groups is 2. The lowest BCUT2D eigenvalue weighted by molar-refractivity contribution is -0.144. The number of benzene rings is 3. The van der Waals surface area contributed by atoms with E-state index >= 15 is 0 Å². The van der Waals surface area contributed by atoms with Gasteiger partial charge in [0.25, 0.3) is 5.91 Å². The van der Waals surface area contributed by atoms with Crippen LogP contribution in [0.5, 0.6) is 0 Å². The third-order valence-electron chi connectivity index (χ3n) is 6.03. The Morgan fingerprint density at radius 2 is 1.55 bits per heavy atom. The maximum atomic E-state index is 13.1. The highest BCUT2D eigenvalue weighted by molar-refractivity contribution is 6.07. The average molecular weight is 387 g/mol. The standard InChI is InChI=1S/C25H25NO3/c27-24(22-12-6-10-19-9-4-5-11-21(19)22)26-15-13-20(14-16-26)23(25(28)29)17-18-7-2-1-3-8-18/h1-12,20,23H,13-17H2,(H,28,29). The number of piperidine rings is 1. The second kappa shape index (κ2) is 8.48. The first-order chi connectivity index (χ1) is 14.1. The average Bonchev–Trinajstić information content (AvgIpc) is 2.77. The van der Waals surface area contributed by atoms with Crippen LogP contribution < -0.4 is 0 Å². The summed E-state index contributed by atoms with van der Waals surface area (Å²) in [6.45, 7) is 1.20. The highest BCUT2D eigenvalue weighted by Crippen LogP contribution is 2.30. The second-order valence-electron chi connectivity index (χ2n) is 7.79. The van der Waals surface area contributed by atoms with E-state index in [4.69, 9.17) is 0 Å². The molecule has 0 radical (unpaired) electrons. The van der Waals surface area contributed by atoms with Gasteiger partial charge < -0.3 is 10.0 Å².